The fourth-order valence-corrected chi connectivity index (χ4v) is 12.1. The summed E-state index contributed by atoms with van der Waals surface area (Å²) in [5.74, 6) is -2.22. The average molecular weight is 1450 g/mol. The van der Waals surface area contributed by atoms with Gasteiger partial charge in [-0.05, 0) is 122 Å². The molecule has 0 aromatic rings. The molecule has 0 rings (SSSR count). The molecule has 0 fully saturated rings. The summed E-state index contributed by atoms with van der Waals surface area (Å²) in [5, 5.41) is 10.6. The van der Waals surface area contributed by atoms with E-state index in [4.69, 9.17) is 37.0 Å². The van der Waals surface area contributed by atoms with Gasteiger partial charge in [0.1, 0.15) is 19.3 Å². The highest BCUT2D eigenvalue weighted by Gasteiger charge is 2.30. The summed E-state index contributed by atoms with van der Waals surface area (Å²) < 4.78 is 68.5. The van der Waals surface area contributed by atoms with Crippen molar-refractivity contribution in [3.05, 3.63) is 97.2 Å². The third-order valence-electron chi connectivity index (χ3n) is 16.5. The molecule has 0 heterocycles. The lowest BCUT2D eigenvalue weighted by molar-refractivity contribution is -0.161. The van der Waals surface area contributed by atoms with Gasteiger partial charge in [0, 0.05) is 25.7 Å². The smallest absolute Gasteiger partial charge is 0.462 e. The molecule has 5 atom stereocenters. The number of aliphatic hydroxyl groups excluding tert-OH is 1. The van der Waals surface area contributed by atoms with Gasteiger partial charge in [-0.15, -0.1) is 0 Å². The number of hydrogen-bond acceptors (Lipinski definition) is 15. The van der Waals surface area contributed by atoms with E-state index in [1.165, 1.54) is 89.9 Å². The Morgan fingerprint density at radius 1 is 0.290 bits per heavy atom. The number of esters is 4. The van der Waals surface area contributed by atoms with Gasteiger partial charge in [0.05, 0.1) is 26.4 Å². The molecule has 0 spiro atoms. The van der Waals surface area contributed by atoms with Gasteiger partial charge in [-0.25, -0.2) is 9.13 Å². The number of phosphoric acid groups is 2. The van der Waals surface area contributed by atoms with Crippen molar-refractivity contribution in [1.29, 1.82) is 0 Å². The second-order valence-corrected chi connectivity index (χ2v) is 29.2. The van der Waals surface area contributed by atoms with Crippen LogP contribution in [-0.2, 0) is 65.4 Å². The molecule has 0 aliphatic heterocycles. The van der Waals surface area contributed by atoms with Crippen LogP contribution >= 0.6 is 15.6 Å². The minimum atomic E-state index is -4.98. The normalized spacial score (nSPS) is 14.4. The molecule has 0 aromatic heterocycles. The third kappa shape index (κ3) is 72.3. The molecule has 0 saturated heterocycles. The van der Waals surface area contributed by atoms with Gasteiger partial charge in [0.15, 0.2) is 12.2 Å². The fourth-order valence-electron chi connectivity index (χ4n) is 10.5. The monoisotopic (exact) mass is 1450 g/mol. The number of carbonyl (C=O) groups excluding carboxylic acids is 4. The SMILES string of the molecule is CC/C=C\C/C=C\C/C=C\C/C=C\C/C=C\CCCCCC(=O)OCC(COP(=O)(O)OCC(O)COP(=O)(O)OCC(COC(=O)CCCCCCC/C=C\C/C=C\CCC)OC(=O)CCCCCCC/C=C\CCCCCC)OC(=O)CCCCCCCCCCCCCCCCC. The molecule has 0 aliphatic carbocycles. The largest absolute Gasteiger partial charge is 0.472 e. The van der Waals surface area contributed by atoms with Crippen LogP contribution in [0.4, 0.5) is 0 Å². The van der Waals surface area contributed by atoms with Gasteiger partial charge in [-0.3, -0.25) is 37.3 Å². The molecule has 0 saturated carbocycles. The van der Waals surface area contributed by atoms with Crippen molar-refractivity contribution in [2.45, 2.75) is 354 Å². The lowest BCUT2D eigenvalue weighted by atomic mass is 10.0. The molecular weight excluding hydrogens is 1310 g/mol. The van der Waals surface area contributed by atoms with Crippen molar-refractivity contribution in [1.82, 2.24) is 0 Å². The quantitative estimate of drug-likeness (QED) is 0.0169. The summed E-state index contributed by atoms with van der Waals surface area (Å²) in [6.07, 6.45) is 76.7. The molecule has 0 amide bonds. The summed E-state index contributed by atoms with van der Waals surface area (Å²) in [5.41, 5.74) is 0. The maximum atomic E-state index is 13.1. The van der Waals surface area contributed by atoms with Crippen molar-refractivity contribution in [2.24, 2.45) is 0 Å². The standard InChI is InChI=1S/C81H142O17P2/c1-5-9-13-17-21-25-29-33-35-36-37-38-40-43-46-50-54-58-62-66-79(84)92-72-77(98-81(86)68-64-60-56-52-48-44-39-34-30-26-22-18-14-10-6-2)74-96-100(89,90)94-70-75(82)69-93-99(87,88)95-73-76(97-80(85)67-63-59-55-51-47-42-32-28-24-20-16-12-8-4)71-91-78(83)65-61-57-53-49-45-41-31-27-23-19-15-11-7-3/h9,13,15,19,21,25,27-28,31-33,35,37-38,43,46,75-77,82H,5-8,10-12,14,16-18,20,22-24,26,29-30,34,36,39-42,44-45,47-74H2,1-4H3,(H,87,88)(H,89,90)/b13-9-,19-15-,25-21-,31-27-,32-28-,35-33-,38-37-,46-43-. The van der Waals surface area contributed by atoms with E-state index in [-0.39, 0.29) is 25.7 Å². The molecule has 19 heteroatoms. The second kappa shape index (κ2) is 73.3. The number of phosphoric ester groups is 2. The van der Waals surface area contributed by atoms with Crippen LogP contribution in [0.5, 0.6) is 0 Å². The van der Waals surface area contributed by atoms with Gasteiger partial charge in [-0.2, -0.15) is 0 Å². The zero-order valence-corrected chi connectivity index (χ0v) is 64.9. The van der Waals surface area contributed by atoms with Crippen LogP contribution in [0.15, 0.2) is 97.2 Å². The van der Waals surface area contributed by atoms with Gasteiger partial charge < -0.3 is 33.8 Å². The van der Waals surface area contributed by atoms with Crippen LogP contribution in [-0.4, -0.2) is 96.7 Å². The van der Waals surface area contributed by atoms with Crippen molar-refractivity contribution in [3.63, 3.8) is 0 Å². The van der Waals surface area contributed by atoms with E-state index in [1.54, 1.807) is 0 Å². The minimum Gasteiger partial charge on any atom is -0.462 e. The van der Waals surface area contributed by atoms with E-state index in [1.807, 2.05) is 0 Å². The van der Waals surface area contributed by atoms with Crippen LogP contribution in [0.25, 0.3) is 0 Å². The van der Waals surface area contributed by atoms with Crippen molar-refractivity contribution >= 4 is 39.5 Å². The fraction of sp³-hybridized carbons (Fsp3) is 0.753. The first kappa shape index (κ1) is 96.0. The van der Waals surface area contributed by atoms with Gasteiger partial charge in [0.25, 0.3) is 0 Å². The Morgan fingerprint density at radius 3 is 0.870 bits per heavy atom. The maximum absolute atomic E-state index is 13.1. The molecule has 0 bridgehead atoms. The molecule has 3 N–H and O–H groups in total. The summed E-state index contributed by atoms with van der Waals surface area (Å²) in [4.78, 5) is 72.9. The Bertz CT molecular complexity index is 2270. The third-order valence-corrected chi connectivity index (χ3v) is 18.4. The van der Waals surface area contributed by atoms with Gasteiger partial charge >= 0.3 is 39.5 Å². The van der Waals surface area contributed by atoms with E-state index in [0.29, 0.717) is 25.7 Å². The molecule has 0 aliphatic rings. The number of hydrogen-bond donors (Lipinski definition) is 3. The molecule has 0 aromatic carbocycles. The van der Waals surface area contributed by atoms with E-state index in [0.717, 1.165) is 167 Å². The number of carbonyl (C=O) groups is 4. The Hall–Kier alpha value is -4.02. The zero-order chi connectivity index (χ0) is 73.2. The maximum Gasteiger partial charge on any atom is 0.472 e. The lowest BCUT2D eigenvalue weighted by Crippen LogP contribution is -2.30. The van der Waals surface area contributed by atoms with E-state index < -0.39 is 97.5 Å². The summed E-state index contributed by atoms with van der Waals surface area (Å²) >= 11 is 0. The number of rotatable bonds is 74. The number of aliphatic hydroxyl groups is 1. The predicted molar refractivity (Wildman–Crippen MR) is 409 cm³/mol. The zero-order valence-electron chi connectivity index (χ0n) is 63.1. The molecule has 0 radical (unpaired) electrons. The predicted octanol–water partition coefficient (Wildman–Crippen LogP) is 22.8. The Balaban J connectivity index is 5.37. The Morgan fingerprint density at radius 2 is 0.540 bits per heavy atom. The summed E-state index contributed by atoms with van der Waals surface area (Å²) in [7, 11) is -9.96. The summed E-state index contributed by atoms with van der Waals surface area (Å²) in [6, 6.07) is 0. The first-order chi connectivity index (χ1) is 48.7. The topological polar surface area (TPSA) is 237 Å². The first-order valence-corrected chi connectivity index (χ1v) is 42.5. The highest BCUT2D eigenvalue weighted by atomic mass is 31.2. The number of ether oxygens (including phenoxy) is 4. The van der Waals surface area contributed by atoms with Crippen LogP contribution in [0.3, 0.4) is 0 Å². The molecule has 100 heavy (non-hydrogen) atoms. The van der Waals surface area contributed by atoms with E-state index >= 15 is 0 Å². The highest BCUT2D eigenvalue weighted by Crippen LogP contribution is 2.45. The van der Waals surface area contributed by atoms with Crippen LogP contribution in [0.1, 0.15) is 336 Å². The van der Waals surface area contributed by atoms with Crippen LogP contribution in [0, 0.1) is 0 Å². The van der Waals surface area contributed by atoms with Crippen LogP contribution < -0.4 is 0 Å². The van der Waals surface area contributed by atoms with Crippen molar-refractivity contribution in [2.75, 3.05) is 39.6 Å². The molecule has 17 nitrogen and oxygen atoms in total. The lowest BCUT2D eigenvalue weighted by Gasteiger charge is -2.21. The van der Waals surface area contributed by atoms with Crippen molar-refractivity contribution < 1.29 is 80.2 Å². The molecular formula is C81H142O17P2. The van der Waals surface area contributed by atoms with E-state index in [9.17, 15) is 43.2 Å². The second-order valence-electron chi connectivity index (χ2n) is 26.3. The van der Waals surface area contributed by atoms with Crippen LogP contribution in [0.2, 0.25) is 0 Å². The van der Waals surface area contributed by atoms with E-state index in [2.05, 4.69) is 125 Å². The summed E-state index contributed by atoms with van der Waals surface area (Å²) in [6.45, 7) is 4.66. The van der Waals surface area contributed by atoms with Gasteiger partial charge in [-0.1, -0.05) is 285 Å². The minimum absolute atomic E-state index is 0.0823. The number of allylic oxidation sites excluding steroid dienone is 16. The first-order valence-electron chi connectivity index (χ1n) is 39.5. The van der Waals surface area contributed by atoms with Gasteiger partial charge in [0.2, 0.25) is 0 Å². The Labute approximate surface area is 607 Å². The molecule has 578 valence electrons. The highest BCUT2D eigenvalue weighted by molar-refractivity contribution is 7.47. The number of unbranched alkanes of at least 4 members (excludes halogenated alkanes) is 32. The Kier molecular flexibility index (Phi) is 70.4. The van der Waals surface area contributed by atoms with Crippen molar-refractivity contribution in [3.8, 4) is 0 Å². The average Bonchev–Trinajstić information content (AvgIpc) is 0.946. The molecule has 5 unspecified atom stereocenters.